The monoisotopic (exact) mass is 348 g/mol. The van der Waals surface area contributed by atoms with Gasteiger partial charge in [-0.15, -0.1) is 11.3 Å². The highest BCUT2D eigenvalue weighted by molar-refractivity contribution is 7.11. The molecule has 0 radical (unpaired) electrons. The molecule has 0 amide bonds. The summed E-state index contributed by atoms with van der Waals surface area (Å²) in [4.78, 5) is 24.8. The van der Waals surface area contributed by atoms with Crippen LogP contribution < -0.4 is 4.74 Å². The van der Waals surface area contributed by atoms with Crippen LogP contribution in [0.3, 0.4) is 0 Å². The van der Waals surface area contributed by atoms with Crippen LogP contribution in [-0.4, -0.2) is 21.0 Å². The zero-order valence-corrected chi connectivity index (χ0v) is 12.4. The summed E-state index contributed by atoms with van der Waals surface area (Å²) in [6.45, 7) is -0.122. The van der Waals surface area contributed by atoms with E-state index >= 15 is 0 Å². The van der Waals surface area contributed by atoms with Crippen molar-refractivity contribution in [2.45, 2.75) is 6.61 Å². The summed E-state index contributed by atoms with van der Waals surface area (Å²) in [6.07, 6.45) is 0. The number of aromatic carboxylic acids is 1. The van der Waals surface area contributed by atoms with Crippen LogP contribution in [0, 0.1) is 10.1 Å². The van der Waals surface area contributed by atoms with Crippen molar-refractivity contribution < 1.29 is 19.6 Å². The predicted octanol–water partition coefficient (Wildman–Crippen LogP) is 3.64. The Morgan fingerprint density at radius 3 is 2.67 bits per heavy atom. The van der Waals surface area contributed by atoms with Crippen molar-refractivity contribution in [1.82, 2.24) is 4.98 Å². The molecule has 10 heteroatoms. The molecule has 0 aliphatic heterocycles. The van der Waals surface area contributed by atoms with E-state index in [9.17, 15) is 14.9 Å². The van der Waals surface area contributed by atoms with Gasteiger partial charge in [-0.25, -0.2) is 9.78 Å². The third-order valence-electron chi connectivity index (χ3n) is 2.31. The standard InChI is InChI=1S/C11H6Cl2N2O5S/c12-6-1-8(15(18)19)9(2-7(6)13)20-3-5-4-21-10(14-5)11(16)17/h1-2,4H,3H2,(H,16,17). The quantitative estimate of drug-likeness (QED) is 0.653. The molecule has 110 valence electrons. The number of aromatic nitrogens is 1. The number of rotatable bonds is 5. The molecule has 1 aromatic heterocycles. The minimum atomic E-state index is -1.15. The van der Waals surface area contributed by atoms with E-state index in [4.69, 9.17) is 33.0 Å². The lowest BCUT2D eigenvalue weighted by molar-refractivity contribution is -0.385. The minimum absolute atomic E-state index is 0.0394. The van der Waals surface area contributed by atoms with Crippen molar-refractivity contribution in [1.29, 1.82) is 0 Å². The fourth-order valence-electron chi connectivity index (χ4n) is 1.40. The number of hydrogen-bond acceptors (Lipinski definition) is 6. The Morgan fingerprint density at radius 2 is 2.10 bits per heavy atom. The van der Waals surface area contributed by atoms with Gasteiger partial charge in [-0.1, -0.05) is 23.2 Å². The number of nitrogens with zero attached hydrogens (tertiary/aromatic N) is 2. The number of nitro benzene ring substituents is 1. The first kappa shape index (κ1) is 15.5. The van der Waals surface area contributed by atoms with Crippen molar-refractivity contribution in [2.24, 2.45) is 0 Å². The van der Waals surface area contributed by atoms with Gasteiger partial charge in [-0.2, -0.15) is 0 Å². The number of carbonyl (C=O) groups is 1. The molecule has 7 nitrogen and oxygen atoms in total. The van der Waals surface area contributed by atoms with Crippen LogP contribution >= 0.6 is 34.5 Å². The van der Waals surface area contributed by atoms with Gasteiger partial charge in [0.15, 0.2) is 5.75 Å². The van der Waals surface area contributed by atoms with Crippen molar-refractivity contribution in [3.8, 4) is 5.75 Å². The molecule has 0 aliphatic rings. The van der Waals surface area contributed by atoms with Crippen molar-refractivity contribution in [2.75, 3.05) is 0 Å². The van der Waals surface area contributed by atoms with Gasteiger partial charge in [0, 0.05) is 17.5 Å². The van der Waals surface area contributed by atoms with Crippen LogP contribution in [0.4, 0.5) is 5.69 Å². The molecule has 0 saturated carbocycles. The molecular weight excluding hydrogens is 343 g/mol. The third-order valence-corrected chi connectivity index (χ3v) is 3.91. The van der Waals surface area contributed by atoms with E-state index in [1.807, 2.05) is 0 Å². The van der Waals surface area contributed by atoms with E-state index < -0.39 is 10.9 Å². The van der Waals surface area contributed by atoms with Crippen LogP contribution in [0.5, 0.6) is 5.75 Å². The number of benzene rings is 1. The maximum absolute atomic E-state index is 10.9. The summed E-state index contributed by atoms with van der Waals surface area (Å²) >= 11 is 12.4. The second kappa shape index (κ2) is 6.25. The molecule has 1 aromatic carbocycles. The van der Waals surface area contributed by atoms with E-state index in [0.717, 1.165) is 17.4 Å². The highest BCUT2D eigenvalue weighted by Crippen LogP contribution is 2.36. The van der Waals surface area contributed by atoms with Gasteiger partial charge in [0.25, 0.3) is 0 Å². The van der Waals surface area contributed by atoms with Gasteiger partial charge in [-0.05, 0) is 0 Å². The molecule has 0 saturated heterocycles. The topological polar surface area (TPSA) is 103 Å². The molecule has 0 aliphatic carbocycles. The summed E-state index contributed by atoms with van der Waals surface area (Å²) in [6, 6.07) is 2.31. The normalized spacial score (nSPS) is 10.4. The van der Waals surface area contributed by atoms with Gasteiger partial charge >= 0.3 is 11.7 Å². The molecule has 2 rings (SSSR count). The van der Waals surface area contributed by atoms with E-state index in [-0.39, 0.29) is 33.1 Å². The summed E-state index contributed by atoms with van der Waals surface area (Å²) in [5.41, 5.74) is 0.0101. The first-order valence-electron chi connectivity index (χ1n) is 5.32. The molecule has 2 aromatic rings. The average molecular weight is 349 g/mol. The van der Waals surface area contributed by atoms with Crippen LogP contribution in [-0.2, 0) is 6.61 Å². The van der Waals surface area contributed by atoms with Crippen molar-refractivity contribution in [3.05, 3.63) is 48.4 Å². The summed E-state index contributed by atoms with van der Waals surface area (Å²) in [7, 11) is 0. The fraction of sp³-hybridized carbons (Fsp3) is 0.0909. The maximum Gasteiger partial charge on any atom is 0.365 e. The molecule has 0 spiro atoms. The van der Waals surface area contributed by atoms with Crippen LogP contribution in [0.1, 0.15) is 15.5 Å². The Hall–Kier alpha value is -1.90. The van der Waals surface area contributed by atoms with Gasteiger partial charge in [0.05, 0.1) is 20.7 Å². The van der Waals surface area contributed by atoms with Crippen LogP contribution in [0.25, 0.3) is 0 Å². The molecule has 21 heavy (non-hydrogen) atoms. The predicted molar refractivity (Wildman–Crippen MR) is 76.5 cm³/mol. The molecule has 1 N–H and O–H groups in total. The minimum Gasteiger partial charge on any atom is -0.480 e. The number of carboxylic acid groups (broad SMARTS) is 1. The van der Waals surface area contributed by atoms with Gasteiger partial charge in [0.2, 0.25) is 5.01 Å². The third kappa shape index (κ3) is 3.60. The molecule has 1 heterocycles. The zero-order valence-electron chi connectivity index (χ0n) is 10.1. The number of thiazole rings is 1. The molecule has 0 fully saturated rings. The Labute approximate surface area is 131 Å². The van der Waals surface area contributed by atoms with Crippen LogP contribution in [0.15, 0.2) is 17.5 Å². The number of ether oxygens (including phenoxy) is 1. The number of halogens is 2. The Kier molecular flexibility index (Phi) is 4.61. The first-order valence-corrected chi connectivity index (χ1v) is 6.96. The number of nitro groups is 1. The van der Waals surface area contributed by atoms with E-state index in [2.05, 4.69) is 4.98 Å². The molecular formula is C11H6Cl2N2O5S. The van der Waals surface area contributed by atoms with E-state index in [1.54, 1.807) is 0 Å². The first-order chi connectivity index (χ1) is 9.88. The van der Waals surface area contributed by atoms with Crippen molar-refractivity contribution >= 4 is 46.2 Å². The smallest absolute Gasteiger partial charge is 0.365 e. The highest BCUT2D eigenvalue weighted by Gasteiger charge is 2.19. The highest BCUT2D eigenvalue weighted by atomic mass is 35.5. The second-order valence-corrected chi connectivity index (χ2v) is 5.40. The lowest BCUT2D eigenvalue weighted by Crippen LogP contribution is -2.01. The second-order valence-electron chi connectivity index (χ2n) is 3.73. The van der Waals surface area contributed by atoms with Gasteiger partial charge in [0.1, 0.15) is 6.61 Å². The molecule has 0 unspecified atom stereocenters. The molecule has 0 bridgehead atoms. The Bertz CT molecular complexity index is 719. The Morgan fingerprint density at radius 1 is 1.43 bits per heavy atom. The largest absolute Gasteiger partial charge is 0.480 e. The van der Waals surface area contributed by atoms with Crippen LogP contribution in [0.2, 0.25) is 10.0 Å². The Balaban J connectivity index is 2.20. The fourth-order valence-corrected chi connectivity index (χ4v) is 2.35. The lowest BCUT2D eigenvalue weighted by atomic mass is 10.3. The molecule has 0 atom stereocenters. The van der Waals surface area contributed by atoms with Gasteiger partial charge < -0.3 is 9.84 Å². The lowest BCUT2D eigenvalue weighted by Gasteiger charge is -2.06. The average Bonchev–Trinajstić information content (AvgIpc) is 2.88. The number of hydrogen-bond donors (Lipinski definition) is 1. The van der Waals surface area contributed by atoms with E-state index in [0.29, 0.717) is 5.69 Å². The summed E-state index contributed by atoms with van der Waals surface area (Å²) in [5.74, 6) is -1.22. The maximum atomic E-state index is 10.9. The SMILES string of the molecule is O=C(O)c1nc(COc2cc(Cl)c(Cl)cc2[N+](=O)[O-])cs1. The van der Waals surface area contributed by atoms with Gasteiger partial charge in [-0.3, -0.25) is 10.1 Å². The number of carboxylic acids is 1. The zero-order chi connectivity index (χ0) is 15.6. The summed E-state index contributed by atoms with van der Waals surface area (Å²) in [5, 5.41) is 21.2. The summed E-state index contributed by atoms with van der Waals surface area (Å²) < 4.78 is 5.28. The van der Waals surface area contributed by atoms with Crippen molar-refractivity contribution in [3.63, 3.8) is 0 Å². The van der Waals surface area contributed by atoms with E-state index in [1.165, 1.54) is 11.4 Å².